The Kier molecular flexibility index (Phi) is 22.1. The number of aromatic nitrogens is 3. The molecule has 9 aromatic rings. The minimum atomic E-state index is -0.311. The number of ether oxygens (including phenoxy) is 6. The van der Waals surface area contributed by atoms with Crippen LogP contribution in [0.4, 0.5) is 0 Å². The lowest BCUT2D eigenvalue weighted by Crippen LogP contribution is -2.35. The third-order valence-electron chi connectivity index (χ3n) is 22.6. The number of nitrogens with zero attached hydrogens (tertiary/aromatic N) is 6. The van der Waals surface area contributed by atoms with E-state index in [0.717, 1.165) is 175 Å². The maximum Gasteiger partial charge on any atom is 0.130 e. The molecule has 0 saturated carbocycles. The van der Waals surface area contributed by atoms with Crippen molar-refractivity contribution in [3.63, 3.8) is 0 Å². The average molecular weight is 1450 g/mol. The molecule has 3 unspecified atom stereocenters. The monoisotopic (exact) mass is 1450 g/mol. The lowest BCUT2D eigenvalue weighted by atomic mass is 9.77. The van der Waals surface area contributed by atoms with Gasteiger partial charge in [0.05, 0.1) is 55.5 Å². The van der Waals surface area contributed by atoms with Crippen molar-refractivity contribution in [3.8, 4) is 34.5 Å². The zero-order valence-electron chi connectivity index (χ0n) is 69.0. The summed E-state index contributed by atoms with van der Waals surface area (Å²) >= 11 is 0. The van der Waals surface area contributed by atoms with Crippen molar-refractivity contribution >= 4 is 0 Å². The summed E-state index contributed by atoms with van der Waals surface area (Å²) in [5.74, 6) is 5.10. The van der Waals surface area contributed by atoms with Crippen LogP contribution in [0.3, 0.4) is 0 Å². The van der Waals surface area contributed by atoms with E-state index in [9.17, 15) is 0 Å². The first-order chi connectivity index (χ1) is 51.1. The second kappa shape index (κ2) is 30.7. The Hall–Kier alpha value is -8.55. The maximum absolute atomic E-state index is 7.76. The van der Waals surface area contributed by atoms with Gasteiger partial charge in [-0.3, -0.25) is 29.7 Å². The van der Waals surface area contributed by atoms with E-state index in [-0.39, 0.29) is 52.3 Å². The highest BCUT2D eigenvalue weighted by Crippen LogP contribution is 2.48. The highest BCUT2D eigenvalue weighted by Gasteiger charge is 2.34. The number of hydrogen-bond acceptors (Lipinski definition) is 12. The second-order valence-electron chi connectivity index (χ2n) is 37.4. The molecule has 3 atom stereocenters. The molecule has 24 bridgehead atoms. The highest BCUT2D eigenvalue weighted by atomic mass is 16.5. The van der Waals surface area contributed by atoms with Crippen LogP contribution in [-0.4, -0.2) is 90.2 Å². The van der Waals surface area contributed by atoms with Crippen LogP contribution < -0.4 is 28.4 Å². The molecule has 7 heterocycles. The molecule has 0 spiro atoms. The maximum atomic E-state index is 7.76. The fourth-order valence-corrected chi connectivity index (χ4v) is 16.6. The Labute approximate surface area is 646 Å². The molecular formula is C96H120N6O6. The number of rotatable bonds is 3. The van der Waals surface area contributed by atoms with Crippen molar-refractivity contribution in [1.82, 2.24) is 29.7 Å². The second-order valence-corrected chi connectivity index (χ2v) is 37.4. The van der Waals surface area contributed by atoms with Gasteiger partial charge in [0.1, 0.15) is 54.3 Å². The van der Waals surface area contributed by atoms with E-state index in [1.807, 2.05) is 21.3 Å². The predicted octanol–water partition coefficient (Wildman–Crippen LogP) is 19.7. The van der Waals surface area contributed by atoms with Crippen molar-refractivity contribution < 1.29 is 28.4 Å². The van der Waals surface area contributed by atoms with Crippen molar-refractivity contribution in [2.45, 2.75) is 235 Å². The molecular weight excluding hydrogens is 1330 g/mol. The van der Waals surface area contributed by atoms with Crippen LogP contribution in [0.15, 0.2) is 127 Å². The zero-order chi connectivity index (χ0) is 77.0. The topological polar surface area (TPSA) is 104 Å². The van der Waals surface area contributed by atoms with Gasteiger partial charge in [0.15, 0.2) is 0 Å². The van der Waals surface area contributed by atoms with Crippen LogP contribution in [-0.2, 0) is 110 Å². The summed E-state index contributed by atoms with van der Waals surface area (Å²) in [7, 11) is 5.57. The van der Waals surface area contributed by atoms with Gasteiger partial charge in [-0.15, -0.1) is 0 Å². The Balaban J connectivity index is 1.19. The minimum absolute atomic E-state index is 0.246. The van der Waals surface area contributed by atoms with Gasteiger partial charge in [-0.2, -0.15) is 0 Å². The standard InChI is InChI=1S/C96H120N6O6/c1-91(2,3)71-45-63-42-67-49-73(93(7,8)9)48-66-41-61-31-33-83(95(13,14)15)81(89(61)105-21)53-62-32-34-84(96(16,17)18)82-54-70-52-72(92(4,5)6)47-65(86(70)104-20)44-69-51-74(94(10,11)12)50-68(43-64(46-71)85(63)103-19)88(69)107-59-79-29-23-26-76(98-79)56-101-36-35-100(55-75-25-22-28-78(97-75)58-106-87(66)67)37-39-102(40-38-101)57-77-27-24-30-80(99-77)60-108-90(62)82/h22-34,45-52H,35-44,53-60H2,1-21H3. The summed E-state index contributed by atoms with van der Waals surface area (Å²) < 4.78 is 44.0. The molecule has 3 aromatic heterocycles. The largest absolute Gasteiger partial charge is 0.496 e. The van der Waals surface area contributed by atoms with Gasteiger partial charge >= 0.3 is 0 Å². The van der Waals surface area contributed by atoms with E-state index in [0.29, 0.717) is 58.2 Å². The van der Waals surface area contributed by atoms with E-state index in [1.165, 1.54) is 33.4 Å². The number of benzene rings is 6. The fraction of sp³-hybridized carbons (Fsp3) is 0.469. The summed E-state index contributed by atoms with van der Waals surface area (Å²) in [6.07, 6.45) is 3.13. The summed E-state index contributed by atoms with van der Waals surface area (Å²) in [5, 5.41) is 0. The van der Waals surface area contributed by atoms with E-state index < -0.39 is 0 Å². The minimum Gasteiger partial charge on any atom is -0.496 e. The molecule has 108 heavy (non-hydrogen) atoms. The van der Waals surface area contributed by atoms with Gasteiger partial charge < -0.3 is 28.4 Å². The Morgan fingerprint density at radius 2 is 0.556 bits per heavy atom. The molecule has 1 saturated heterocycles. The Bertz CT molecular complexity index is 4790. The summed E-state index contributed by atoms with van der Waals surface area (Å²) in [6.45, 7) is 49.8. The molecule has 1 fully saturated rings. The molecule has 1 aliphatic carbocycles. The number of methoxy groups -OCH3 is 3. The van der Waals surface area contributed by atoms with Crippen LogP contribution in [0, 0.1) is 0 Å². The van der Waals surface area contributed by atoms with Crippen molar-refractivity contribution in [3.05, 3.63) is 262 Å². The number of pyridine rings is 3. The summed E-state index contributed by atoms with van der Waals surface area (Å²) in [5.41, 5.74) is 24.3. The van der Waals surface area contributed by atoms with Gasteiger partial charge in [-0.1, -0.05) is 216 Å². The van der Waals surface area contributed by atoms with Crippen LogP contribution in [0.1, 0.15) is 259 Å². The van der Waals surface area contributed by atoms with Crippen molar-refractivity contribution in [2.24, 2.45) is 0 Å². The van der Waals surface area contributed by atoms with E-state index >= 15 is 0 Å². The van der Waals surface area contributed by atoms with Crippen LogP contribution in [0.2, 0.25) is 0 Å². The Morgan fingerprint density at radius 3 is 0.880 bits per heavy atom. The highest BCUT2D eigenvalue weighted by molar-refractivity contribution is 5.63. The van der Waals surface area contributed by atoms with Crippen molar-refractivity contribution in [1.29, 1.82) is 0 Å². The van der Waals surface area contributed by atoms with Gasteiger partial charge in [0.2, 0.25) is 0 Å². The summed E-state index contributed by atoms with van der Waals surface area (Å²) in [4.78, 5) is 24.3. The molecule has 0 amide bonds. The fourth-order valence-electron chi connectivity index (χ4n) is 16.6. The first kappa shape index (κ1) is 77.6. The number of fused-ring (bicyclic) bond motifs is 6. The van der Waals surface area contributed by atoms with Gasteiger partial charge in [0, 0.05) is 109 Å². The third kappa shape index (κ3) is 17.5. The number of hydrogen-bond donors (Lipinski definition) is 0. The molecule has 0 N–H and O–H groups in total. The quantitative estimate of drug-likeness (QED) is 0.168. The van der Waals surface area contributed by atoms with Crippen LogP contribution >= 0.6 is 0 Å². The average Bonchev–Trinajstić information content (AvgIpc) is 0.844. The molecule has 4 aliphatic heterocycles. The van der Waals surface area contributed by atoms with Crippen LogP contribution in [0.25, 0.3) is 0 Å². The molecule has 570 valence electrons. The first-order valence-electron chi connectivity index (χ1n) is 39.5. The summed E-state index contributed by atoms with van der Waals surface area (Å²) in [6, 6.07) is 48.2. The van der Waals surface area contributed by atoms with Gasteiger partial charge in [-0.05, 0) is 158 Å². The first-order valence-corrected chi connectivity index (χ1v) is 39.5. The van der Waals surface area contributed by atoms with E-state index in [4.69, 9.17) is 43.4 Å². The third-order valence-corrected chi connectivity index (χ3v) is 22.6. The van der Waals surface area contributed by atoms with Crippen molar-refractivity contribution in [2.75, 3.05) is 60.6 Å². The molecule has 12 heteroatoms. The molecule has 14 rings (SSSR count). The van der Waals surface area contributed by atoms with Crippen LogP contribution in [0.5, 0.6) is 34.5 Å². The molecule has 12 nitrogen and oxygen atoms in total. The lowest BCUT2D eigenvalue weighted by molar-refractivity contribution is 0.206. The lowest BCUT2D eigenvalue weighted by Gasteiger charge is -2.30. The smallest absolute Gasteiger partial charge is 0.130 e. The molecule has 5 aliphatic rings. The Morgan fingerprint density at radius 1 is 0.278 bits per heavy atom. The van der Waals surface area contributed by atoms with Gasteiger partial charge in [-0.25, -0.2) is 0 Å². The predicted molar refractivity (Wildman–Crippen MR) is 439 cm³/mol. The van der Waals surface area contributed by atoms with E-state index in [1.54, 1.807) is 0 Å². The zero-order valence-corrected chi connectivity index (χ0v) is 69.0. The van der Waals surface area contributed by atoms with E-state index in [2.05, 4.69) is 267 Å². The van der Waals surface area contributed by atoms with Gasteiger partial charge in [0.25, 0.3) is 0 Å². The molecule has 0 radical (unpaired) electrons. The normalized spacial score (nSPS) is 17.7. The molecule has 6 aromatic carbocycles. The SMILES string of the molecule is COc1c2cc(C(C)(C)C)cc1Cc1cc(C(C)(C)C)cc3c1OCc1cccc(n1)CN1CCN4CCN(CC1)Cc1cccc(n1)COc1c(ccc(C(C)(C)C)c1Cc1cc(C(C)(C)C)cc(c1OC)Cc1cc(C(C)(C)C)cc(c1OCc1cccc(n1)C4)C2)Cc1c(C(C)(C)C)ccc(c1OC)C3.